The van der Waals surface area contributed by atoms with Gasteiger partial charge in [0.2, 0.25) is 0 Å². The predicted molar refractivity (Wildman–Crippen MR) is 54.5 cm³/mol. The highest BCUT2D eigenvalue weighted by atomic mass is 79.9. The zero-order valence-electron chi connectivity index (χ0n) is 7.54. The van der Waals surface area contributed by atoms with E-state index in [0.717, 1.165) is 0 Å². The van der Waals surface area contributed by atoms with E-state index in [1.165, 1.54) is 0 Å². The summed E-state index contributed by atoms with van der Waals surface area (Å²) in [7, 11) is 0. The Balaban J connectivity index is 3.39. The lowest BCUT2D eigenvalue weighted by atomic mass is 10.1. The first-order valence-corrected chi connectivity index (χ1v) is 5.42. The van der Waals surface area contributed by atoms with E-state index in [0.29, 0.717) is 12.1 Å². The molecular weight excluding hydrogens is 315 g/mol. The van der Waals surface area contributed by atoms with Crippen molar-refractivity contribution in [2.75, 3.05) is 5.33 Å². The highest BCUT2D eigenvalue weighted by Gasteiger charge is 2.35. The van der Waals surface area contributed by atoms with E-state index in [1.54, 1.807) is 0 Å². The molecule has 0 aliphatic heterocycles. The molecule has 0 N–H and O–H groups in total. The fraction of sp³-hybridized carbons (Fsp3) is 0.222. The number of rotatable bonds is 2. The Hall–Kier alpha value is -0.620. The lowest BCUT2D eigenvalue weighted by Gasteiger charge is -2.10. The molecular formula is C9H4BrClF4O. The average Bonchev–Trinajstić information content (AvgIpc) is 2.18. The molecule has 0 aromatic heterocycles. The number of hydrogen-bond acceptors (Lipinski definition) is 1. The van der Waals surface area contributed by atoms with Gasteiger partial charge in [-0.2, -0.15) is 13.2 Å². The Morgan fingerprint density at radius 3 is 2.38 bits per heavy atom. The van der Waals surface area contributed by atoms with Crippen molar-refractivity contribution >= 4 is 33.3 Å². The van der Waals surface area contributed by atoms with Crippen LogP contribution in [0, 0.1) is 5.82 Å². The Labute approximate surface area is 102 Å². The maximum absolute atomic E-state index is 13.1. The maximum Gasteiger partial charge on any atom is 0.417 e. The number of hydrogen-bond donors (Lipinski definition) is 0. The third-order valence-corrected chi connectivity index (χ3v) is 2.67. The number of halogens is 6. The van der Waals surface area contributed by atoms with Gasteiger partial charge in [-0.05, 0) is 12.1 Å². The molecule has 0 atom stereocenters. The molecule has 0 spiro atoms. The molecule has 1 aromatic carbocycles. The minimum Gasteiger partial charge on any atom is -0.293 e. The minimum atomic E-state index is -4.79. The Morgan fingerprint density at radius 1 is 1.38 bits per heavy atom. The molecule has 0 saturated heterocycles. The monoisotopic (exact) mass is 318 g/mol. The second-order valence-electron chi connectivity index (χ2n) is 2.87. The topological polar surface area (TPSA) is 17.1 Å². The van der Waals surface area contributed by atoms with Gasteiger partial charge in [0.1, 0.15) is 5.82 Å². The molecule has 1 nitrogen and oxygen atoms in total. The molecule has 0 saturated carbocycles. The van der Waals surface area contributed by atoms with Crippen LogP contribution in [0.2, 0.25) is 5.02 Å². The standard InChI is InChI=1S/C9H4BrClF4O/c10-3-7(16)4-1-5(9(13,14)15)8(11)6(12)2-4/h1-2H,3H2. The fourth-order valence-corrected chi connectivity index (χ4v) is 1.57. The second-order valence-corrected chi connectivity index (χ2v) is 3.81. The summed E-state index contributed by atoms with van der Waals surface area (Å²) >= 11 is 7.96. The van der Waals surface area contributed by atoms with Gasteiger partial charge in [-0.1, -0.05) is 27.5 Å². The van der Waals surface area contributed by atoms with E-state index in [9.17, 15) is 22.4 Å². The molecule has 0 radical (unpaired) electrons. The largest absolute Gasteiger partial charge is 0.417 e. The highest BCUT2D eigenvalue weighted by Crippen LogP contribution is 2.36. The molecule has 0 heterocycles. The smallest absolute Gasteiger partial charge is 0.293 e. The van der Waals surface area contributed by atoms with Crippen LogP contribution >= 0.6 is 27.5 Å². The second kappa shape index (κ2) is 4.71. The van der Waals surface area contributed by atoms with Crippen LogP contribution in [0.3, 0.4) is 0 Å². The van der Waals surface area contributed by atoms with E-state index in [1.807, 2.05) is 0 Å². The Kier molecular flexibility index (Phi) is 3.96. The highest BCUT2D eigenvalue weighted by molar-refractivity contribution is 9.09. The molecule has 88 valence electrons. The lowest BCUT2D eigenvalue weighted by molar-refractivity contribution is -0.137. The van der Waals surface area contributed by atoms with Gasteiger partial charge < -0.3 is 0 Å². The van der Waals surface area contributed by atoms with Gasteiger partial charge in [0, 0.05) is 5.56 Å². The third-order valence-electron chi connectivity index (χ3n) is 1.78. The molecule has 1 rings (SSSR count). The third kappa shape index (κ3) is 2.74. The van der Waals surface area contributed by atoms with Crippen LogP contribution < -0.4 is 0 Å². The van der Waals surface area contributed by atoms with Crippen LogP contribution in [-0.4, -0.2) is 11.1 Å². The maximum atomic E-state index is 13.1. The number of ketones is 1. The zero-order chi connectivity index (χ0) is 12.5. The van der Waals surface area contributed by atoms with E-state index < -0.39 is 28.4 Å². The van der Waals surface area contributed by atoms with Gasteiger partial charge in [-0.15, -0.1) is 0 Å². The van der Waals surface area contributed by atoms with Gasteiger partial charge in [0.25, 0.3) is 0 Å². The number of carbonyl (C=O) groups excluding carboxylic acids is 1. The van der Waals surface area contributed by atoms with Crippen LogP contribution in [-0.2, 0) is 6.18 Å². The van der Waals surface area contributed by atoms with Crippen molar-refractivity contribution in [3.63, 3.8) is 0 Å². The lowest BCUT2D eigenvalue weighted by Crippen LogP contribution is -2.10. The molecule has 0 aliphatic carbocycles. The summed E-state index contributed by atoms with van der Waals surface area (Å²) in [5, 5.41) is -1.22. The van der Waals surface area contributed by atoms with Gasteiger partial charge in [-0.25, -0.2) is 4.39 Å². The average molecular weight is 319 g/mol. The van der Waals surface area contributed by atoms with E-state index >= 15 is 0 Å². The molecule has 7 heteroatoms. The zero-order valence-corrected chi connectivity index (χ0v) is 9.88. The van der Waals surface area contributed by atoms with Crippen LogP contribution in [0.25, 0.3) is 0 Å². The number of benzene rings is 1. The minimum absolute atomic E-state index is 0.189. The molecule has 0 unspecified atom stereocenters. The summed E-state index contributed by atoms with van der Waals surface area (Å²) in [4.78, 5) is 11.1. The molecule has 16 heavy (non-hydrogen) atoms. The Bertz CT molecular complexity index is 430. The first-order chi connectivity index (χ1) is 7.27. The van der Waals surface area contributed by atoms with Crippen molar-refractivity contribution in [3.8, 4) is 0 Å². The van der Waals surface area contributed by atoms with Crippen LogP contribution in [0.15, 0.2) is 12.1 Å². The van der Waals surface area contributed by atoms with Gasteiger partial charge in [0.05, 0.1) is 15.9 Å². The van der Waals surface area contributed by atoms with Gasteiger partial charge >= 0.3 is 6.18 Å². The summed E-state index contributed by atoms with van der Waals surface area (Å²) in [6, 6.07) is 1.22. The molecule has 1 aromatic rings. The van der Waals surface area contributed by atoms with Crippen molar-refractivity contribution in [3.05, 3.63) is 34.1 Å². The normalized spacial score (nSPS) is 11.6. The molecule has 0 bridgehead atoms. The van der Waals surface area contributed by atoms with Crippen molar-refractivity contribution in [1.82, 2.24) is 0 Å². The SMILES string of the molecule is O=C(CBr)c1cc(F)c(Cl)c(C(F)(F)F)c1. The summed E-state index contributed by atoms with van der Waals surface area (Å²) in [5.41, 5.74) is -1.72. The first kappa shape index (κ1) is 13.4. The fourth-order valence-electron chi connectivity index (χ4n) is 1.03. The van der Waals surface area contributed by atoms with Crippen molar-refractivity contribution in [2.45, 2.75) is 6.18 Å². The molecule has 0 aliphatic rings. The van der Waals surface area contributed by atoms with Crippen molar-refractivity contribution < 1.29 is 22.4 Å². The van der Waals surface area contributed by atoms with Crippen LogP contribution in [0.4, 0.5) is 17.6 Å². The summed E-state index contributed by atoms with van der Waals surface area (Å²) < 4.78 is 50.3. The van der Waals surface area contributed by atoms with Crippen LogP contribution in [0.1, 0.15) is 15.9 Å². The quantitative estimate of drug-likeness (QED) is 0.456. The molecule has 0 fully saturated rings. The van der Waals surface area contributed by atoms with E-state index in [4.69, 9.17) is 11.6 Å². The van der Waals surface area contributed by atoms with Gasteiger partial charge in [0.15, 0.2) is 5.78 Å². The number of alkyl halides is 4. The summed E-state index contributed by atoms with van der Waals surface area (Å²) in [6.07, 6.45) is -4.79. The van der Waals surface area contributed by atoms with Crippen molar-refractivity contribution in [1.29, 1.82) is 0 Å². The number of Topliss-reactive ketones (excluding diaryl/α,β-unsaturated/α-hetero) is 1. The number of carbonyl (C=O) groups is 1. The molecule has 0 amide bonds. The Morgan fingerprint density at radius 2 is 1.94 bits per heavy atom. The summed E-state index contributed by atoms with van der Waals surface area (Å²) in [5.74, 6) is -1.91. The van der Waals surface area contributed by atoms with E-state index in [2.05, 4.69) is 15.9 Å². The van der Waals surface area contributed by atoms with Crippen LogP contribution in [0.5, 0.6) is 0 Å². The summed E-state index contributed by atoms with van der Waals surface area (Å²) in [6.45, 7) is 0. The van der Waals surface area contributed by atoms with E-state index in [-0.39, 0.29) is 10.9 Å². The predicted octanol–water partition coefficient (Wildman–Crippen LogP) is 4.08. The van der Waals surface area contributed by atoms with Crippen molar-refractivity contribution in [2.24, 2.45) is 0 Å². The first-order valence-electron chi connectivity index (χ1n) is 3.92. The van der Waals surface area contributed by atoms with Gasteiger partial charge in [-0.3, -0.25) is 4.79 Å².